The van der Waals surface area contributed by atoms with Crippen molar-refractivity contribution in [3.8, 4) is 11.4 Å². The highest BCUT2D eigenvalue weighted by molar-refractivity contribution is 5.94. The maximum absolute atomic E-state index is 12.7. The van der Waals surface area contributed by atoms with Crippen molar-refractivity contribution >= 4 is 28.5 Å². The predicted molar refractivity (Wildman–Crippen MR) is 117 cm³/mol. The topological polar surface area (TPSA) is 91.2 Å². The molecule has 1 fully saturated rings. The average molecular weight is 414 g/mol. The molecule has 0 atom stereocenters. The number of anilines is 1. The fraction of sp³-hybridized carbons (Fsp3) is 0.208. The van der Waals surface area contributed by atoms with Crippen molar-refractivity contribution < 1.29 is 14.0 Å². The van der Waals surface area contributed by atoms with Crippen molar-refractivity contribution in [1.82, 2.24) is 14.9 Å². The molecule has 3 heterocycles. The maximum Gasteiger partial charge on any atom is 0.289 e. The fourth-order valence-electron chi connectivity index (χ4n) is 3.95. The molecule has 5 rings (SSSR count). The van der Waals surface area contributed by atoms with Gasteiger partial charge in [-0.2, -0.15) is 0 Å². The molecule has 7 nitrogen and oxygen atoms in total. The number of furan rings is 1. The Bertz CT molecular complexity index is 1170. The number of piperidine rings is 1. The SMILES string of the molecule is O=C(Nc1ccc(-c2nc3ccccc3[nH]2)cc1)C1CCN(C(=O)c2ccco2)CC1. The number of carbonyl (C=O) groups is 2. The summed E-state index contributed by atoms with van der Waals surface area (Å²) in [5.41, 5.74) is 3.62. The molecule has 0 radical (unpaired) electrons. The van der Waals surface area contributed by atoms with Crippen LogP contribution in [0, 0.1) is 5.92 Å². The first-order valence-corrected chi connectivity index (χ1v) is 10.4. The molecular weight excluding hydrogens is 392 g/mol. The minimum absolute atomic E-state index is 0.0124. The number of benzene rings is 2. The summed E-state index contributed by atoms with van der Waals surface area (Å²) in [5.74, 6) is 0.891. The summed E-state index contributed by atoms with van der Waals surface area (Å²) >= 11 is 0. The molecule has 2 aromatic heterocycles. The number of carbonyl (C=O) groups excluding carboxylic acids is 2. The van der Waals surface area contributed by atoms with Gasteiger partial charge in [0, 0.05) is 30.3 Å². The van der Waals surface area contributed by atoms with E-state index in [0.29, 0.717) is 31.7 Å². The average Bonchev–Trinajstić information content (AvgIpc) is 3.49. The van der Waals surface area contributed by atoms with Crippen LogP contribution in [0.1, 0.15) is 23.4 Å². The third-order valence-electron chi connectivity index (χ3n) is 5.70. The van der Waals surface area contributed by atoms with Crippen LogP contribution in [0.5, 0.6) is 0 Å². The molecule has 0 saturated carbocycles. The quantitative estimate of drug-likeness (QED) is 0.520. The van der Waals surface area contributed by atoms with Gasteiger partial charge in [-0.05, 0) is 61.4 Å². The highest BCUT2D eigenvalue weighted by atomic mass is 16.3. The zero-order valence-corrected chi connectivity index (χ0v) is 16.9. The first-order chi connectivity index (χ1) is 15.2. The predicted octanol–water partition coefficient (Wildman–Crippen LogP) is 4.31. The first kappa shape index (κ1) is 19.1. The molecule has 31 heavy (non-hydrogen) atoms. The normalized spacial score (nSPS) is 14.6. The van der Waals surface area contributed by atoms with E-state index in [0.717, 1.165) is 28.1 Å². The molecule has 1 aliphatic rings. The Morgan fingerprint density at radius 1 is 1.00 bits per heavy atom. The Morgan fingerprint density at radius 2 is 1.77 bits per heavy atom. The van der Waals surface area contributed by atoms with Crippen molar-refractivity contribution in [2.24, 2.45) is 5.92 Å². The number of rotatable bonds is 4. The number of hydrogen-bond donors (Lipinski definition) is 2. The Balaban J connectivity index is 1.19. The van der Waals surface area contributed by atoms with Crippen LogP contribution in [-0.2, 0) is 4.79 Å². The number of nitrogens with one attached hydrogen (secondary N) is 2. The molecule has 7 heteroatoms. The number of likely N-dealkylation sites (tertiary alicyclic amines) is 1. The number of amides is 2. The zero-order chi connectivity index (χ0) is 21.2. The Labute approximate surface area is 179 Å². The van der Waals surface area contributed by atoms with Gasteiger partial charge in [0.05, 0.1) is 17.3 Å². The van der Waals surface area contributed by atoms with E-state index in [9.17, 15) is 9.59 Å². The van der Waals surface area contributed by atoms with E-state index in [1.165, 1.54) is 6.26 Å². The van der Waals surface area contributed by atoms with Crippen LogP contribution in [0.15, 0.2) is 71.3 Å². The van der Waals surface area contributed by atoms with Gasteiger partial charge in [0.2, 0.25) is 5.91 Å². The van der Waals surface area contributed by atoms with Gasteiger partial charge in [-0.15, -0.1) is 0 Å². The molecule has 0 unspecified atom stereocenters. The summed E-state index contributed by atoms with van der Waals surface area (Å²) < 4.78 is 5.18. The minimum Gasteiger partial charge on any atom is -0.459 e. The van der Waals surface area contributed by atoms with E-state index < -0.39 is 0 Å². The Hall–Kier alpha value is -3.87. The van der Waals surface area contributed by atoms with Crippen LogP contribution >= 0.6 is 0 Å². The molecular formula is C24H22N4O3. The molecule has 0 aliphatic carbocycles. The van der Waals surface area contributed by atoms with Gasteiger partial charge in [0.15, 0.2) is 5.76 Å². The number of fused-ring (bicyclic) bond motifs is 1. The smallest absolute Gasteiger partial charge is 0.289 e. The van der Waals surface area contributed by atoms with E-state index in [4.69, 9.17) is 4.42 Å². The Morgan fingerprint density at radius 3 is 2.48 bits per heavy atom. The summed E-state index contributed by atoms with van der Waals surface area (Å²) in [6.45, 7) is 1.09. The number of hydrogen-bond acceptors (Lipinski definition) is 4. The van der Waals surface area contributed by atoms with Crippen LogP contribution in [0.2, 0.25) is 0 Å². The molecule has 156 valence electrons. The van der Waals surface area contributed by atoms with Crippen molar-refractivity contribution in [2.75, 3.05) is 18.4 Å². The van der Waals surface area contributed by atoms with E-state index in [1.807, 2.05) is 48.5 Å². The molecule has 2 amide bonds. The van der Waals surface area contributed by atoms with Gasteiger partial charge in [0.25, 0.3) is 5.91 Å². The van der Waals surface area contributed by atoms with Crippen molar-refractivity contribution in [1.29, 1.82) is 0 Å². The van der Waals surface area contributed by atoms with E-state index in [2.05, 4.69) is 15.3 Å². The largest absolute Gasteiger partial charge is 0.459 e. The molecule has 1 saturated heterocycles. The van der Waals surface area contributed by atoms with Crippen LogP contribution in [0.3, 0.4) is 0 Å². The summed E-state index contributed by atoms with van der Waals surface area (Å²) in [5, 5.41) is 3.00. The van der Waals surface area contributed by atoms with E-state index in [-0.39, 0.29) is 17.7 Å². The summed E-state index contributed by atoms with van der Waals surface area (Å²) in [6, 6.07) is 18.9. The lowest BCUT2D eigenvalue weighted by atomic mass is 9.95. The Kier molecular flexibility index (Phi) is 5.00. The van der Waals surface area contributed by atoms with Gasteiger partial charge in [-0.3, -0.25) is 9.59 Å². The maximum atomic E-state index is 12.7. The van der Waals surface area contributed by atoms with Crippen molar-refractivity contribution in [3.05, 3.63) is 72.7 Å². The second kappa shape index (κ2) is 8.10. The first-order valence-electron chi connectivity index (χ1n) is 10.4. The summed E-state index contributed by atoms with van der Waals surface area (Å²) in [7, 11) is 0. The standard InChI is InChI=1S/C24H22N4O3/c29-23(17-11-13-28(14-12-17)24(30)21-6-3-15-31-21)25-18-9-7-16(8-10-18)22-26-19-4-1-2-5-20(19)27-22/h1-10,15,17H,11-14H2,(H,25,29)(H,26,27). The molecule has 2 aromatic carbocycles. The molecule has 1 aliphatic heterocycles. The molecule has 0 bridgehead atoms. The second-order valence-corrected chi connectivity index (χ2v) is 7.71. The van der Waals surface area contributed by atoms with Crippen LogP contribution in [0.25, 0.3) is 22.4 Å². The third-order valence-corrected chi connectivity index (χ3v) is 5.70. The number of imidazole rings is 1. The van der Waals surface area contributed by atoms with Gasteiger partial charge < -0.3 is 19.6 Å². The fourth-order valence-corrected chi connectivity index (χ4v) is 3.95. The van der Waals surface area contributed by atoms with E-state index >= 15 is 0 Å². The monoisotopic (exact) mass is 414 g/mol. The molecule has 0 spiro atoms. The van der Waals surface area contributed by atoms with Gasteiger partial charge in [0.1, 0.15) is 5.82 Å². The lowest BCUT2D eigenvalue weighted by Gasteiger charge is -2.30. The molecule has 2 N–H and O–H groups in total. The lowest BCUT2D eigenvalue weighted by Crippen LogP contribution is -2.41. The highest BCUT2D eigenvalue weighted by Crippen LogP contribution is 2.24. The number of para-hydroxylation sites is 2. The highest BCUT2D eigenvalue weighted by Gasteiger charge is 2.28. The molecule has 4 aromatic rings. The van der Waals surface area contributed by atoms with Crippen molar-refractivity contribution in [2.45, 2.75) is 12.8 Å². The number of aromatic nitrogens is 2. The number of nitrogens with zero attached hydrogens (tertiary/aromatic N) is 2. The van der Waals surface area contributed by atoms with Crippen LogP contribution in [0.4, 0.5) is 5.69 Å². The number of aromatic amines is 1. The van der Waals surface area contributed by atoms with Gasteiger partial charge in [-0.1, -0.05) is 12.1 Å². The van der Waals surface area contributed by atoms with Crippen LogP contribution in [-0.4, -0.2) is 39.8 Å². The summed E-state index contributed by atoms with van der Waals surface area (Å²) in [6.07, 6.45) is 2.76. The lowest BCUT2D eigenvalue weighted by molar-refractivity contribution is -0.121. The van der Waals surface area contributed by atoms with E-state index in [1.54, 1.807) is 17.0 Å². The second-order valence-electron chi connectivity index (χ2n) is 7.71. The third kappa shape index (κ3) is 3.94. The van der Waals surface area contributed by atoms with Gasteiger partial charge >= 0.3 is 0 Å². The van der Waals surface area contributed by atoms with Crippen molar-refractivity contribution in [3.63, 3.8) is 0 Å². The minimum atomic E-state index is -0.120. The van der Waals surface area contributed by atoms with Crippen LogP contribution < -0.4 is 5.32 Å². The number of H-pyrrole nitrogens is 1. The zero-order valence-electron chi connectivity index (χ0n) is 16.9. The summed E-state index contributed by atoms with van der Waals surface area (Å²) in [4.78, 5) is 34.7. The van der Waals surface area contributed by atoms with Gasteiger partial charge in [-0.25, -0.2) is 4.98 Å².